The highest BCUT2D eigenvalue weighted by atomic mass is 32.2. The molecule has 0 radical (unpaired) electrons. The van der Waals surface area contributed by atoms with Crippen LogP contribution in [-0.4, -0.2) is 35.1 Å². The molecule has 4 aromatic rings. The quantitative estimate of drug-likeness (QED) is 0.390. The number of nitrogens with zero attached hydrogens (tertiary/aromatic N) is 3. The van der Waals surface area contributed by atoms with Gasteiger partial charge in [0, 0.05) is 23.4 Å². The van der Waals surface area contributed by atoms with Crippen molar-refractivity contribution < 1.29 is 13.2 Å². The molecule has 0 spiro atoms. The van der Waals surface area contributed by atoms with E-state index in [1.807, 2.05) is 48.5 Å². The lowest BCUT2D eigenvalue weighted by molar-refractivity contribution is 0.0992. The summed E-state index contributed by atoms with van der Waals surface area (Å²) in [6, 6.07) is 18.7. The predicted octanol–water partition coefficient (Wildman–Crippen LogP) is 4.66. The summed E-state index contributed by atoms with van der Waals surface area (Å²) in [4.78, 5) is 17.6. The maximum Gasteiger partial charge on any atom is 0.168 e. The van der Waals surface area contributed by atoms with Gasteiger partial charge in [0.25, 0.3) is 0 Å². The average molecular weight is 462 g/mol. The van der Waals surface area contributed by atoms with E-state index in [1.54, 1.807) is 22.8 Å². The van der Waals surface area contributed by atoms with Gasteiger partial charge >= 0.3 is 0 Å². The molecule has 0 N–H and O–H groups in total. The fraction of sp³-hybridized carbons (Fsp3) is 0.269. The molecular formula is C26H27N3O3S. The number of hydrogen-bond donors (Lipinski definition) is 0. The molecule has 0 atom stereocenters. The summed E-state index contributed by atoms with van der Waals surface area (Å²) in [5.41, 5.74) is 5.17. The van der Waals surface area contributed by atoms with Crippen molar-refractivity contribution in [3.05, 3.63) is 89.2 Å². The zero-order chi connectivity index (χ0) is 23.8. The zero-order valence-electron chi connectivity index (χ0n) is 19.2. The average Bonchev–Trinajstić information content (AvgIpc) is 3.20. The summed E-state index contributed by atoms with van der Waals surface area (Å²) >= 11 is 0. The lowest BCUT2D eigenvalue weighted by Gasteiger charge is -2.19. The molecule has 4 rings (SSSR count). The van der Waals surface area contributed by atoms with Gasteiger partial charge in [0.1, 0.15) is 0 Å². The second-order valence-electron chi connectivity index (χ2n) is 9.39. The number of benzene rings is 2. The van der Waals surface area contributed by atoms with Crippen molar-refractivity contribution in [1.29, 1.82) is 0 Å². The van der Waals surface area contributed by atoms with Crippen molar-refractivity contribution in [1.82, 2.24) is 14.6 Å². The van der Waals surface area contributed by atoms with Gasteiger partial charge in [0.05, 0.1) is 29.8 Å². The molecule has 0 fully saturated rings. The lowest BCUT2D eigenvalue weighted by Crippen LogP contribution is -2.12. The number of Topliss-reactive ketones (excluding diaryl/α,β-unsaturated/α-hetero) is 1. The third-order valence-electron chi connectivity index (χ3n) is 5.54. The minimum Gasteiger partial charge on any atom is -0.294 e. The third kappa shape index (κ3) is 5.20. The molecule has 6 nitrogen and oxygen atoms in total. The van der Waals surface area contributed by atoms with Crippen LogP contribution >= 0.6 is 0 Å². The minimum absolute atomic E-state index is 0.0183. The Morgan fingerprint density at radius 2 is 1.70 bits per heavy atom. The number of carbonyl (C=O) groups excluding carboxylic acids is 1. The summed E-state index contributed by atoms with van der Waals surface area (Å²) < 4.78 is 25.6. The molecule has 7 heteroatoms. The molecule has 33 heavy (non-hydrogen) atoms. The largest absolute Gasteiger partial charge is 0.294 e. The van der Waals surface area contributed by atoms with E-state index in [2.05, 4.69) is 30.9 Å². The van der Waals surface area contributed by atoms with Gasteiger partial charge in [-0.3, -0.25) is 4.79 Å². The number of ketones is 1. The van der Waals surface area contributed by atoms with Crippen LogP contribution in [0.1, 0.15) is 48.0 Å². The van der Waals surface area contributed by atoms with Crippen molar-refractivity contribution in [3.8, 4) is 11.3 Å². The minimum atomic E-state index is -3.23. The van der Waals surface area contributed by atoms with Gasteiger partial charge < -0.3 is 0 Å². The highest BCUT2D eigenvalue weighted by molar-refractivity contribution is 7.89. The lowest BCUT2D eigenvalue weighted by atomic mass is 9.86. The maximum atomic E-state index is 13.0. The molecular weight excluding hydrogens is 434 g/mol. The Kier molecular flexibility index (Phi) is 5.93. The van der Waals surface area contributed by atoms with E-state index < -0.39 is 9.84 Å². The Hall–Kier alpha value is -3.32. The molecule has 0 bridgehead atoms. The first-order valence-electron chi connectivity index (χ1n) is 10.7. The molecule has 0 amide bonds. The number of fused-ring (bicyclic) bond motifs is 1. The van der Waals surface area contributed by atoms with Crippen molar-refractivity contribution in [2.24, 2.45) is 0 Å². The van der Waals surface area contributed by atoms with Crippen molar-refractivity contribution in [2.45, 2.75) is 38.4 Å². The highest BCUT2D eigenvalue weighted by Crippen LogP contribution is 2.27. The highest BCUT2D eigenvalue weighted by Gasteiger charge is 2.18. The number of hydrogen-bond acceptors (Lipinski definition) is 5. The van der Waals surface area contributed by atoms with Gasteiger partial charge in [-0.15, -0.1) is 0 Å². The molecule has 2 aromatic heterocycles. The summed E-state index contributed by atoms with van der Waals surface area (Å²) in [6.45, 7) is 6.41. The Balaban J connectivity index is 1.72. The number of sulfone groups is 1. The number of rotatable bonds is 6. The van der Waals surface area contributed by atoms with Crippen LogP contribution in [-0.2, 0) is 27.4 Å². The Labute approximate surface area is 194 Å². The van der Waals surface area contributed by atoms with Crippen LogP contribution in [0.4, 0.5) is 0 Å². The van der Waals surface area contributed by atoms with Crippen LogP contribution < -0.4 is 0 Å². The normalized spacial score (nSPS) is 12.2. The van der Waals surface area contributed by atoms with Gasteiger partial charge in [-0.1, -0.05) is 69.3 Å². The molecule has 0 unspecified atom stereocenters. The summed E-state index contributed by atoms with van der Waals surface area (Å²) in [5, 5.41) is 4.36. The van der Waals surface area contributed by atoms with E-state index in [-0.39, 0.29) is 23.4 Å². The predicted molar refractivity (Wildman–Crippen MR) is 130 cm³/mol. The first-order chi connectivity index (χ1) is 15.5. The summed E-state index contributed by atoms with van der Waals surface area (Å²) in [7, 11) is -3.23. The summed E-state index contributed by atoms with van der Waals surface area (Å²) in [5.74, 6) is -0.106. The van der Waals surface area contributed by atoms with Crippen LogP contribution in [0.5, 0.6) is 0 Å². The molecule has 0 saturated heterocycles. The molecule has 0 saturated carbocycles. The van der Waals surface area contributed by atoms with Gasteiger partial charge in [0.2, 0.25) is 0 Å². The topological polar surface area (TPSA) is 81.4 Å². The molecule has 2 heterocycles. The monoisotopic (exact) mass is 461 g/mol. The molecule has 0 aliphatic heterocycles. The summed E-state index contributed by atoms with van der Waals surface area (Å²) in [6.07, 6.45) is 2.99. The SMILES string of the molecule is CC(C)(C)c1ccc(C(=O)Cc2cc(-c3ccccc3CS(C)(=O)=O)n3nccc3n2)cc1. The zero-order valence-corrected chi connectivity index (χ0v) is 20.1. The smallest absolute Gasteiger partial charge is 0.168 e. The Bertz CT molecular complexity index is 1430. The van der Waals surface area contributed by atoms with E-state index in [4.69, 9.17) is 0 Å². The second kappa shape index (κ2) is 8.56. The standard InChI is InChI=1S/C26H27N3O3S/c1-26(2,3)20-11-9-18(10-12-20)24(30)16-21-15-23(29-25(28-21)13-14-27-29)22-8-6-5-7-19(22)17-33(4,31)32/h5-15H,16-17H2,1-4H3. The van der Waals surface area contributed by atoms with Crippen LogP contribution in [0.25, 0.3) is 16.9 Å². The molecule has 2 aromatic carbocycles. The first kappa shape index (κ1) is 22.9. The van der Waals surface area contributed by atoms with Crippen molar-refractivity contribution in [2.75, 3.05) is 6.26 Å². The Morgan fingerprint density at radius 1 is 1.00 bits per heavy atom. The van der Waals surface area contributed by atoms with Crippen LogP contribution in [0.2, 0.25) is 0 Å². The van der Waals surface area contributed by atoms with Gasteiger partial charge in [0.15, 0.2) is 21.3 Å². The van der Waals surface area contributed by atoms with Crippen LogP contribution in [0.3, 0.4) is 0 Å². The maximum absolute atomic E-state index is 13.0. The van der Waals surface area contributed by atoms with E-state index in [0.29, 0.717) is 28.2 Å². The van der Waals surface area contributed by atoms with E-state index in [9.17, 15) is 13.2 Å². The van der Waals surface area contributed by atoms with Crippen LogP contribution in [0, 0.1) is 0 Å². The van der Waals surface area contributed by atoms with Gasteiger partial charge in [-0.05, 0) is 22.6 Å². The third-order valence-corrected chi connectivity index (χ3v) is 6.37. The second-order valence-corrected chi connectivity index (χ2v) is 11.5. The molecule has 0 aliphatic carbocycles. The first-order valence-corrected chi connectivity index (χ1v) is 12.8. The Morgan fingerprint density at radius 3 is 2.36 bits per heavy atom. The van der Waals surface area contributed by atoms with Gasteiger partial charge in [-0.25, -0.2) is 17.9 Å². The van der Waals surface area contributed by atoms with E-state index >= 15 is 0 Å². The van der Waals surface area contributed by atoms with Crippen molar-refractivity contribution in [3.63, 3.8) is 0 Å². The fourth-order valence-corrected chi connectivity index (χ4v) is 4.67. The fourth-order valence-electron chi connectivity index (χ4n) is 3.85. The van der Waals surface area contributed by atoms with Crippen LogP contribution in [0.15, 0.2) is 66.9 Å². The number of aromatic nitrogens is 3. The molecule has 170 valence electrons. The van der Waals surface area contributed by atoms with E-state index in [0.717, 1.165) is 5.56 Å². The molecule has 0 aliphatic rings. The van der Waals surface area contributed by atoms with Crippen molar-refractivity contribution >= 4 is 21.3 Å². The number of carbonyl (C=O) groups is 1. The van der Waals surface area contributed by atoms with Gasteiger partial charge in [-0.2, -0.15) is 5.10 Å². The van der Waals surface area contributed by atoms with E-state index in [1.165, 1.54) is 11.8 Å².